The van der Waals surface area contributed by atoms with Crippen LogP contribution < -0.4 is 29.7 Å². The average molecular weight is 520 g/mol. The maximum absolute atomic E-state index is 12.5. The van der Waals surface area contributed by atoms with E-state index in [2.05, 4.69) is 15.8 Å². The Hall–Kier alpha value is -4.86. The van der Waals surface area contributed by atoms with Crippen LogP contribution in [0.4, 0.5) is 0 Å². The first-order chi connectivity index (χ1) is 18.4. The normalized spacial score (nSPS) is 10.5. The Labute approximate surface area is 220 Å². The van der Waals surface area contributed by atoms with Gasteiger partial charge in [-0.2, -0.15) is 5.10 Å². The van der Waals surface area contributed by atoms with Crippen LogP contribution in [-0.4, -0.2) is 50.9 Å². The van der Waals surface area contributed by atoms with Crippen molar-refractivity contribution >= 4 is 24.0 Å². The Bertz CT molecular complexity index is 1270. The number of hydrazone groups is 1. The van der Waals surface area contributed by atoms with Crippen molar-refractivity contribution in [2.75, 3.05) is 26.9 Å². The van der Waals surface area contributed by atoms with Gasteiger partial charge < -0.3 is 24.3 Å². The molecule has 0 aromatic heterocycles. The van der Waals surface area contributed by atoms with E-state index in [9.17, 15) is 14.4 Å². The summed E-state index contributed by atoms with van der Waals surface area (Å²) in [4.78, 5) is 36.8. The van der Waals surface area contributed by atoms with E-state index in [4.69, 9.17) is 18.9 Å². The molecule has 0 fully saturated rings. The number of benzene rings is 3. The molecule has 3 aromatic rings. The summed E-state index contributed by atoms with van der Waals surface area (Å²) >= 11 is 0. The van der Waals surface area contributed by atoms with E-state index >= 15 is 0 Å². The number of amides is 2. The zero-order valence-electron chi connectivity index (χ0n) is 21.4. The summed E-state index contributed by atoms with van der Waals surface area (Å²) in [5, 5.41) is 6.44. The fourth-order valence-electron chi connectivity index (χ4n) is 3.19. The summed E-state index contributed by atoms with van der Waals surface area (Å²) in [7, 11) is 1.54. The van der Waals surface area contributed by atoms with Gasteiger partial charge in [-0.05, 0) is 86.1 Å². The molecule has 0 atom stereocenters. The van der Waals surface area contributed by atoms with E-state index in [0.29, 0.717) is 47.2 Å². The molecule has 10 heteroatoms. The number of nitrogens with one attached hydrogen (secondary N) is 2. The quantitative estimate of drug-likeness (QED) is 0.162. The number of esters is 1. The highest BCUT2D eigenvalue weighted by Crippen LogP contribution is 2.29. The molecule has 0 aliphatic heterocycles. The SMILES string of the molecule is CCOc1ccc(C(=O)NCC(=O)N/N=C/c2ccc(OC(=O)c3ccc(OC)cc3)c(OCC)c2)cc1. The van der Waals surface area contributed by atoms with Crippen molar-refractivity contribution in [2.45, 2.75) is 13.8 Å². The van der Waals surface area contributed by atoms with Gasteiger partial charge in [-0.3, -0.25) is 9.59 Å². The summed E-state index contributed by atoms with van der Waals surface area (Å²) in [6.07, 6.45) is 1.41. The molecule has 0 aliphatic rings. The lowest BCUT2D eigenvalue weighted by molar-refractivity contribution is -0.120. The second-order valence-corrected chi connectivity index (χ2v) is 7.69. The zero-order chi connectivity index (χ0) is 27.3. The first kappa shape index (κ1) is 27.7. The topological polar surface area (TPSA) is 125 Å². The van der Waals surface area contributed by atoms with Crippen LogP contribution in [0.5, 0.6) is 23.0 Å². The summed E-state index contributed by atoms with van der Waals surface area (Å²) in [6.45, 7) is 4.29. The Balaban J connectivity index is 1.54. The van der Waals surface area contributed by atoms with Crippen LogP contribution in [0, 0.1) is 0 Å². The molecule has 38 heavy (non-hydrogen) atoms. The maximum atomic E-state index is 12.5. The standard InChI is InChI=1S/C28H29N3O7/c1-4-36-23-13-7-20(8-14-23)27(33)29-18-26(32)31-30-17-19-6-15-24(25(16-19)37-5-2)38-28(34)21-9-11-22(35-3)12-10-21/h6-17H,4-5,18H2,1-3H3,(H,29,33)(H,31,32)/b30-17+. The number of hydrogen-bond acceptors (Lipinski definition) is 8. The van der Waals surface area contributed by atoms with Gasteiger partial charge >= 0.3 is 5.97 Å². The predicted octanol–water partition coefficient (Wildman–Crippen LogP) is 3.59. The predicted molar refractivity (Wildman–Crippen MR) is 141 cm³/mol. The molecule has 0 saturated heterocycles. The number of carbonyl (C=O) groups is 3. The molecule has 0 radical (unpaired) electrons. The molecule has 0 heterocycles. The second kappa shape index (κ2) is 14.0. The number of rotatable bonds is 12. The van der Waals surface area contributed by atoms with E-state index in [1.165, 1.54) is 6.21 Å². The van der Waals surface area contributed by atoms with Crippen LogP contribution in [0.15, 0.2) is 71.8 Å². The van der Waals surface area contributed by atoms with Gasteiger partial charge in [0.1, 0.15) is 11.5 Å². The van der Waals surface area contributed by atoms with E-state index in [1.54, 1.807) is 80.8 Å². The Kier molecular flexibility index (Phi) is 10.2. The molecule has 0 aliphatic carbocycles. The van der Waals surface area contributed by atoms with Crippen molar-refractivity contribution in [1.82, 2.24) is 10.7 Å². The van der Waals surface area contributed by atoms with Crippen molar-refractivity contribution in [3.8, 4) is 23.0 Å². The molecule has 2 amide bonds. The van der Waals surface area contributed by atoms with E-state index < -0.39 is 17.8 Å². The number of hydrogen-bond donors (Lipinski definition) is 2. The zero-order valence-corrected chi connectivity index (χ0v) is 21.4. The summed E-state index contributed by atoms with van der Waals surface area (Å²) in [5.41, 5.74) is 3.71. The molecule has 0 saturated carbocycles. The third-order valence-electron chi connectivity index (χ3n) is 5.04. The average Bonchev–Trinajstić information content (AvgIpc) is 2.93. The number of ether oxygens (including phenoxy) is 4. The highest BCUT2D eigenvalue weighted by molar-refractivity contribution is 5.96. The number of methoxy groups -OCH3 is 1. The van der Waals surface area contributed by atoms with Gasteiger partial charge in [-0.25, -0.2) is 10.2 Å². The van der Waals surface area contributed by atoms with Gasteiger partial charge in [-0.1, -0.05) is 0 Å². The monoisotopic (exact) mass is 519 g/mol. The Morgan fingerprint density at radius 1 is 0.816 bits per heavy atom. The minimum Gasteiger partial charge on any atom is -0.497 e. The molecule has 3 aromatic carbocycles. The molecular formula is C28H29N3O7. The summed E-state index contributed by atoms with van der Waals surface area (Å²) < 4.78 is 21.5. The lowest BCUT2D eigenvalue weighted by atomic mass is 10.2. The molecule has 10 nitrogen and oxygen atoms in total. The third-order valence-corrected chi connectivity index (χ3v) is 5.04. The molecule has 0 bridgehead atoms. The van der Waals surface area contributed by atoms with Crippen LogP contribution in [0.3, 0.4) is 0 Å². The number of carbonyl (C=O) groups excluding carboxylic acids is 3. The van der Waals surface area contributed by atoms with Crippen LogP contribution in [0.2, 0.25) is 0 Å². The summed E-state index contributed by atoms with van der Waals surface area (Å²) in [6, 6.07) is 18.0. The Morgan fingerprint density at radius 2 is 1.47 bits per heavy atom. The van der Waals surface area contributed by atoms with Crippen LogP contribution in [0.25, 0.3) is 0 Å². The summed E-state index contributed by atoms with van der Waals surface area (Å²) in [5.74, 6) is 0.422. The molecule has 0 spiro atoms. The molecular weight excluding hydrogens is 490 g/mol. The minimum absolute atomic E-state index is 0.242. The fourth-order valence-corrected chi connectivity index (χ4v) is 3.19. The van der Waals surface area contributed by atoms with Gasteiger partial charge in [0.15, 0.2) is 11.5 Å². The van der Waals surface area contributed by atoms with Crippen molar-refractivity contribution in [3.05, 3.63) is 83.4 Å². The molecule has 0 unspecified atom stereocenters. The van der Waals surface area contributed by atoms with Crippen molar-refractivity contribution in [1.29, 1.82) is 0 Å². The lowest BCUT2D eigenvalue weighted by Gasteiger charge is -2.11. The van der Waals surface area contributed by atoms with Crippen molar-refractivity contribution in [3.63, 3.8) is 0 Å². The van der Waals surface area contributed by atoms with Gasteiger partial charge in [-0.15, -0.1) is 0 Å². The van der Waals surface area contributed by atoms with Crippen LogP contribution in [0.1, 0.15) is 40.1 Å². The van der Waals surface area contributed by atoms with Gasteiger partial charge in [0, 0.05) is 5.56 Å². The molecule has 198 valence electrons. The smallest absolute Gasteiger partial charge is 0.343 e. The number of nitrogens with zero attached hydrogens (tertiary/aromatic N) is 1. The highest BCUT2D eigenvalue weighted by Gasteiger charge is 2.14. The minimum atomic E-state index is -0.547. The third kappa shape index (κ3) is 8.09. The van der Waals surface area contributed by atoms with Gasteiger partial charge in [0.2, 0.25) is 0 Å². The largest absolute Gasteiger partial charge is 0.497 e. The lowest BCUT2D eigenvalue weighted by Crippen LogP contribution is -2.34. The van der Waals surface area contributed by atoms with Crippen molar-refractivity contribution < 1.29 is 33.3 Å². The Morgan fingerprint density at radius 3 is 2.13 bits per heavy atom. The molecule has 3 rings (SSSR count). The van der Waals surface area contributed by atoms with E-state index in [0.717, 1.165) is 0 Å². The van der Waals surface area contributed by atoms with Gasteiger partial charge in [0.05, 0.1) is 38.6 Å². The van der Waals surface area contributed by atoms with Crippen LogP contribution in [-0.2, 0) is 4.79 Å². The highest BCUT2D eigenvalue weighted by atomic mass is 16.6. The maximum Gasteiger partial charge on any atom is 0.343 e. The van der Waals surface area contributed by atoms with Crippen LogP contribution >= 0.6 is 0 Å². The fraction of sp³-hybridized carbons (Fsp3) is 0.214. The van der Waals surface area contributed by atoms with E-state index in [-0.39, 0.29) is 12.3 Å². The second-order valence-electron chi connectivity index (χ2n) is 7.69. The van der Waals surface area contributed by atoms with E-state index in [1.807, 2.05) is 6.92 Å². The van der Waals surface area contributed by atoms with Gasteiger partial charge in [0.25, 0.3) is 11.8 Å². The molecule has 2 N–H and O–H groups in total. The first-order valence-electron chi connectivity index (χ1n) is 11.9. The van der Waals surface area contributed by atoms with Crippen molar-refractivity contribution in [2.24, 2.45) is 5.10 Å². The first-order valence-corrected chi connectivity index (χ1v) is 11.9.